The highest BCUT2D eigenvalue weighted by Gasteiger charge is 2.20. The number of carbonyl (C=O) groups excluding carboxylic acids is 2. The third-order valence-electron chi connectivity index (χ3n) is 8.13. The minimum atomic E-state index is -1.48. The number of hydrogen-bond acceptors (Lipinski definition) is 8. The van der Waals surface area contributed by atoms with Crippen molar-refractivity contribution in [1.82, 2.24) is 0 Å². The van der Waals surface area contributed by atoms with Gasteiger partial charge < -0.3 is 28.4 Å². The molecule has 0 unspecified atom stereocenters. The van der Waals surface area contributed by atoms with E-state index in [0.717, 1.165) is 61.9 Å². The summed E-state index contributed by atoms with van der Waals surface area (Å²) in [7, 11) is 1.28. The molecule has 0 aliphatic heterocycles. The standard InChI is InChI=1S/C20H13BrO3.C12H9BO3.C8H6BrIO2/c1-23-20(22)16-11-12(21)9-10-13(16)14-6-4-8-18-19(14)15-5-2-3-7-17(15)24-18;14-13(15)9-5-3-7-11-12(9)8-4-1-2-6-10(8)16-11;1-12-8(11)6-4-5(9)2-3-7(6)10/h2-11H,1H3;1-7,14-15H;2-4H,1H3. The van der Waals surface area contributed by atoms with E-state index >= 15 is 0 Å². The van der Waals surface area contributed by atoms with Crippen molar-refractivity contribution in [3.05, 3.63) is 145 Å². The maximum atomic E-state index is 12.2. The maximum Gasteiger partial charge on any atom is 0.489 e. The van der Waals surface area contributed by atoms with Crippen LogP contribution in [0.2, 0.25) is 0 Å². The van der Waals surface area contributed by atoms with Gasteiger partial charge in [0.2, 0.25) is 0 Å². The Morgan fingerprint density at radius 2 is 1.10 bits per heavy atom. The van der Waals surface area contributed by atoms with Crippen molar-refractivity contribution < 1.29 is 37.9 Å². The summed E-state index contributed by atoms with van der Waals surface area (Å²) in [5.41, 5.74) is 6.41. The average Bonchev–Trinajstić information content (AvgIpc) is 3.74. The molecule has 0 aliphatic carbocycles. The van der Waals surface area contributed by atoms with Crippen LogP contribution in [0.15, 0.2) is 139 Å². The molecular formula is C40H28BBr2IO8. The molecule has 0 amide bonds. The van der Waals surface area contributed by atoms with Crippen molar-refractivity contribution in [1.29, 1.82) is 0 Å². The molecule has 0 saturated heterocycles. The number of halogens is 3. The summed E-state index contributed by atoms with van der Waals surface area (Å²) >= 11 is 8.80. The monoisotopic (exact) mass is 932 g/mol. The number of hydrogen-bond donors (Lipinski definition) is 2. The summed E-state index contributed by atoms with van der Waals surface area (Å²) < 4.78 is 23.7. The Balaban J connectivity index is 0.000000144. The molecule has 260 valence electrons. The van der Waals surface area contributed by atoms with E-state index in [4.69, 9.17) is 13.6 Å². The Morgan fingerprint density at radius 3 is 1.71 bits per heavy atom. The maximum absolute atomic E-state index is 12.2. The zero-order valence-electron chi connectivity index (χ0n) is 27.6. The number of furan rings is 2. The third kappa shape index (κ3) is 7.81. The van der Waals surface area contributed by atoms with Gasteiger partial charge >= 0.3 is 19.1 Å². The van der Waals surface area contributed by atoms with E-state index in [1.54, 1.807) is 24.3 Å². The van der Waals surface area contributed by atoms with Crippen LogP contribution >= 0.6 is 54.5 Å². The van der Waals surface area contributed by atoms with Gasteiger partial charge in [-0.15, -0.1) is 0 Å². The molecule has 0 atom stereocenters. The van der Waals surface area contributed by atoms with E-state index in [1.807, 2.05) is 97.1 Å². The zero-order chi connectivity index (χ0) is 36.9. The lowest BCUT2D eigenvalue weighted by Gasteiger charge is -2.10. The Morgan fingerprint density at radius 1 is 0.596 bits per heavy atom. The largest absolute Gasteiger partial charge is 0.489 e. The molecule has 52 heavy (non-hydrogen) atoms. The van der Waals surface area contributed by atoms with E-state index in [-0.39, 0.29) is 11.9 Å². The van der Waals surface area contributed by atoms with Crippen LogP contribution in [0.1, 0.15) is 20.7 Å². The van der Waals surface area contributed by atoms with Gasteiger partial charge in [-0.3, -0.25) is 0 Å². The summed E-state index contributed by atoms with van der Waals surface area (Å²) in [6, 6.07) is 37.7. The average molecular weight is 934 g/mol. The van der Waals surface area contributed by atoms with Gasteiger partial charge in [0, 0.05) is 34.1 Å². The molecule has 2 N–H and O–H groups in total. The number of ether oxygens (including phenoxy) is 2. The van der Waals surface area contributed by atoms with Gasteiger partial charge in [-0.2, -0.15) is 0 Å². The molecule has 2 aromatic heterocycles. The Labute approximate surface area is 328 Å². The molecule has 0 bridgehead atoms. The van der Waals surface area contributed by atoms with Crippen molar-refractivity contribution in [2.24, 2.45) is 0 Å². The fourth-order valence-corrected chi connectivity index (χ4v) is 7.09. The van der Waals surface area contributed by atoms with E-state index in [0.29, 0.717) is 22.2 Å². The van der Waals surface area contributed by atoms with Crippen LogP contribution in [0.25, 0.3) is 55.0 Å². The summed E-state index contributed by atoms with van der Waals surface area (Å²) in [5.74, 6) is -0.670. The Kier molecular flexibility index (Phi) is 11.8. The lowest BCUT2D eigenvalue weighted by Crippen LogP contribution is -2.30. The molecule has 0 spiro atoms. The first kappa shape index (κ1) is 37.3. The highest BCUT2D eigenvalue weighted by atomic mass is 127. The minimum Gasteiger partial charge on any atom is -0.465 e. The highest BCUT2D eigenvalue weighted by molar-refractivity contribution is 14.1. The molecule has 8 nitrogen and oxygen atoms in total. The first-order valence-electron chi connectivity index (χ1n) is 15.7. The van der Waals surface area contributed by atoms with Crippen LogP contribution in [0.3, 0.4) is 0 Å². The Hall–Kier alpha value is -4.47. The fraction of sp³-hybridized carbons (Fsp3) is 0.0500. The van der Waals surface area contributed by atoms with E-state index in [2.05, 4.69) is 59.2 Å². The van der Waals surface area contributed by atoms with Crippen molar-refractivity contribution >= 4 is 123 Å². The molecule has 0 aliphatic rings. The molecule has 0 saturated carbocycles. The van der Waals surface area contributed by atoms with Crippen LogP contribution in [-0.4, -0.2) is 43.3 Å². The lowest BCUT2D eigenvalue weighted by atomic mass is 9.77. The normalized spacial score (nSPS) is 10.8. The molecule has 8 aromatic rings. The smallest absolute Gasteiger partial charge is 0.465 e. The number of methoxy groups -OCH3 is 2. The fourth-order valence-electron chi connectivity index (χ4n) is 5.81. The van der Waals surface area contributed by atoms with Crippen molar-refractivity contribution in [2.45, 2.75) is 0 Å². The zero-order valence-corrected chi connectivity index (χ0v) is 32.9. The summed E-state index contributed by atoms with van der Waals surface area (Å²) in [5, 5.41) is 22.3. The topological polar surface area (TPSA) is 119 Å². The van der Waals surface area contributed by atoms with Crippen molar-refractivity contribution in [2.75, 3.05) is 14.2 Å². The van der Waals surface area contributed by atoms with Gasteiger partial charge in [0.25, 0.3) is 0 Å². The number of rotatable bonds is 4. The summed E-state index contributed by atoms with van der Waals surface area (Å²) in [6.45, 7) is 0. The first-order valence-corrected chi connectivity index (χ1v) is 18.4. The van der Waals surface area contributed by atoms with E-state index < -0.39 is 7.12 Å². The SMILES string of the molecule is COC(=O)c1cc(Br)ccc1-c1cccc2oc3ccccc3c12.COC(=O)c1cc(Br)ccc1I.OB(O)c1cccc2oc3ccccc3c12. The van der Waals surface area contributed by atoms with Crippen LogP contribution in [0, 0.1) is 3.57 Å². The molecule has 0 fully saturated rings. The quantitative estimate of drug-likeness (QED) is 0.102. The van der Waals surface area contributed by atoms with Crippen LogP contribution in [-0.2, 0) is 9.47 Å². The number of esters is 2. The van der Waals surface area contributed by atoms with Crippen molar-refractivity contribution in [3.8, 4) is 11.1 Å². The molecule has 6 aromatic carbocycles. The van der Waals surface area contributed by atoms with Crippen molar-refractivity contribution in [3.63, 3.8) is 0 Å². The highest BCUT2D eigenvalue weighted by Crippen LogP contribution is 2.38. The molecule has 0 radical (unpaired) electrons. The third-order valence-corrected chi connectivity index (χ3v) is 10.1. The number of fused-ring (bicyclic) bond motifs is 6. The van der Waals surface area contributed by atoms with Gasteiger partial charge in [0.15, 0.2) is 0 Å². The van der Waals surface area contributed by atoms with Gasteiger partial charge in [-0.25, -0.2) is 9.59 Å². The molecular weight excluding hydrogens is 906 g/mol. The second-order valence-electron chi connectivity index (χ2n) is 11.3. The van der Waals surface area contributed by atoms with Crippen LogP contribution < -0.4 is 5.46 Å². The second kappa shape index (κ2) is 16.5. The lowest BCUT2D eigenvalue weighted by molar-refractivity contribution is 0.0591. The predicted molar refractivity (Wildman–Crippen MR) is 220 cm³/mol. The summed E-state index contributed by atoms with van der Waals surface area (Å²) in [4.78, 5) is 23.4. The van der Waals surface area contributed by atoms with Crippen LogP contribution in [0.5, 0.6) is 0 Å². The van der Waals surface area contributed by atoms with Gasteiger partial charge in [0.1, 0.15) is 22.3 Å². The Bertz CT molecular complexity index is 2580. The molecule has 12 heteroatoms. The second-order valence-corrected chi connectivity index (χ2v) is 14.3. The van der Waals surface area contributed by atoms with Crippen LogP contribution in [0.4, 0.5) is 0 Å². The number of carbonyl (C=O) groups is 2. The molecule has 8 rings (SSSR count). The summed E-state index contributed by atoms with van der Waals surface area (Å²) in [6.07, 6.45) is 0. The van der Waals surface area contributed by atoms with E-state index in [1.165, 1.54) is 14.2 Å². The molecule has 2 heterocycles. The first-order chi connectivity index (χ1) is 25.1. The van der Waals surface area contributed by atoms with Gasteiger partial charge in [-0.05, 0) is 93.8 Å². The van der Waals surface area contributed by atoms with Gasteiger partial charge in [0.05, 0.1) is 25.3 Å². The predicted octanol–water partition coefficient (Wildman–Crippen LogP) is 9.91. The van der Waals surface area contributed by atoms with E-state index in [9.17, 15) is 19.6 Å². The van der Waals surface area contributed by atoms with Gasteiger partial charge in [-0.1, -0.05) is 98.6 Å². The number of benzene rings is 6. The number of para-hydroxylation sites is 2. The minimum absolute atomic E-state index is 0.305.